The highest BCUT2D eigenvalue weighted by Crippen LogP contribution is 2.27. The van der Waals surface area contributed by atoms with Gasteiger partial charge in [-0.1, -0.05) is 25.0 Å². The molecule has 1 N–H and O–H groups in total. The summed E-state index contributed by atoms with van der Waals surface area (Å²) in [5.41, 5.74) is 1.79. The van der Waals surface area contributed by atoms with Crippen LogP contribution in [-0.2, 0) is 10.0 Å². The summed E-state index contributed by atoms with van der Waals surface area (Å²) in [6.45, 7) is 1.25. The van der Waals surface area contributed by atoms with Crippen LogP contribution in [0, 0.1) is 0 Å². The van der Waals surface area contributed by atoms with Crippen LogP contribution < -0.4 is 5.32 Å². The molecule has 1 aliphatic heterocycles. The standard InChI is InChI=1S/C16H21N3O2S2/c1-17-16-18-15(12-22-16)13-6-8-14(9-7-13)23(20,21)19-10-4-2-3-5-11-19/h6-9,12H,2-5,10-11H2,1H3,(H,17,18). The van der Waals surface area contributed by atoms with Gasteiger partial charge >= 0.3 is 0 Å². The molecule has 1 aromatic carbocycles. The number of nitrogens with one attached hydrogen (secondary N) is 1. The Hall–Kier alpha value is -1.44. The van der Waals surface area contributed by atoms with E-state index in [-0.39, 0.29) is 0 Å². The minimum atomic E-state index is -3.38. The Morgan fingerprint density at radius 2 is 1.74 bits per heavy atom. The second-order valence-electron chi connectivity index (χ2n) is 5.63. The zero-order valence-corrected chi connectivity index (χ0v) is 14.8. The normalized spacial score (nSPS) is 16.9. The summed E-state index contributed by atoms with van der Waals surface area (Å²) in [5.74, 6) is 0. The summed E-state index contributed by atoms with van der Waals surface area (Å²) in [6.07, 6.45) is 4.12. The van der Waals surface area contributed by atoms with Crippen LogP contribution in [0.4, 0.5) is 5.13 Å². The fraction of sp³-hybridized carbons (Fsp3) is 0.438. The van der Waals surface area contributed by atoms with Crippen LogP contribution in [0.1, 0.15) is 25.7 Å². The van der Waals surface area contributed by atoms with E-state index < -0.39 is 10.0 Å². The fourth-order valence-corrected chi connectivity index (χ4v) is 4.95. The van der Waals surface area contributed by atoms with Crippen LogP contribution in [0.2, 0.25) is 0 Å². The number of thiazole rings is 1. The Bertz CT molecular complexity index is 746. The quantitative estimate of drug-likeness (QED) is 0.917. The van der Waals surface area contributed by atoms with Gasteiger partial charge in [-0.15, -0.1) is 11.3 Å². The first-order chi connectivity index (χ1) is 11.1. The molecular formula is C16H21N3O2S2. The molecule has 1 saturated heterocycles. The van der Waals surface area contributed by atoms with Crippen molar-refractivity contribution in [1.82, 2.24) is 9.29 Å². The van der Waals surface area contributed by atoms with E-state index >= 15 is 0 Å². The zero-order valence-electron chi connectivity index (χ0n) is 13.2. The van der Waals surface area contributed by atoms with Crippen LogP contribution in [0.15, 0.2) is 34.5 Å². The molecule has 0 unspecified atom stereocenters. The first-order valence-corrected chi connectivity index (χ1v) is 10.2. The number of anilines is 1. The number of sulfonamides is 1. The fourth-order valence-electron chi connectivity index (χ4n) is 2.75. The van der Waals surface area contributed by atoms with Crippen molar-refractivity contribution in [1.29, 1.82) is 0 Å². The van der Waals surface area contributed by atoms with E-state index in [9.17, 15) is 8.42 Å². The highest BCUT2D eigenvalue weighted by molar-refractivity contribution is 7.89. The van der Waals surface area contributed by atoms with Gasteiger partial charge in [0.15, 0.2) is 5.13 Å². The molecule has 2 heterocycles. The van der Waals surface area contributed by atoms with E-state index in [1.54, 1.807) is 16.4 Å². The van der Waals surface area contributed by atoms with E-state index in [4.69, 9.17) is 0 Å². The van der Waals surface area contributed by atoms with Gasteiger partial charge in [0.1, 0.15) is 0 Å². The van der Waals surface area contributed by atoms with Crippen molar-refractivity contribution in [2.24, 2.45) is 0 Å². The lowest BCUT2D eigenvalue weighted by molar-refractivity contribution is 0.424. The lowest BCUT2D eigenvalue weighted by atomic mass is 10.2. The molecule has 0 aliphatic carbocycles. The molecule has 23 heavy (non-hydrogen) atoms. The van der Waals surface area contributed by atoms with Gasteiger partial charge in [-0.05, 0) is 25.0 Å². The molecule has 124 valence electrons. The molecule has 2 aromatic rings. The van der Waals surface area contributed by atoms with Gasteiger partial charge in [0.25, 0.3) is 0 Å². The van der Waals surface area contributed by atoms with Gasteiger partial charge in [0, 0.05) is 31.1 Å². The monoisotopic (exact) mass is 351 g/mol. The predicted molar refractivity (Wildman–Crippen MR) is 94.3 cm³/mol. The maximum Gasteiger partial charge on any atom is 0.243 e. The average molecular weight is 351 g/mol. The van der Waals surface area contributed by atoms with E-state index in [0.717, 1.165) is 42.1 Å². The number of aromatic nitrogens is 1. The Morgan fingerprint density at radius 3 is 2.30 bits per heavy atom. The highest BCUT2D eigenvalue weighted by atomic mass is 32.2. The summed E-state index contributed by atoms with van der Waals surface area (Å²) in [4.78, 5) is 4.81. The molecule has 0 atom stereocenters. The summed E-state index contributed by atoms with van der Waals surface area (Å²) in [6, 6.07) is 7.04. The van der Waals surface area contributed by atoms with E-state index in [1.807, 2.05) is 24.6 Å². The molecule has 1 fully saturated rings. The molecule has 1 aromatic heterocycles. The summed E-state index contributed by atoms with van der Waals surface area (Å²) in [5, 5.41) is 5.82. The smallest absolute Gasteiger partial charge is 0.243 e. The van der Waals surface area contributed by atoms with Crippen LogP contribution in [-0.4, -0.2) is 37.8 Å². The van der Waals surface area contributed by atoms with Crippen LogP contribution in [0.5, 0.6) is 0 Å². The maximum atomic E-state index is 12.7. The number of hydrogen-bond acceptors (Lipinski definition) is 5. The highest BCUT2D eigenvalue weighted by Gasteiger charge is 2.25. The van der Waals surface area contributed by atoms with Crippen molar-refractivity contribution in [2.45, 2.75) is 30.6 Å². The van der Waals surface area contributed by atoms with Crippen molar-refractivity contribution >= 4 is 26.5 Å². The third-order valence-corrected chi connectivity index (χ3v) is 6.84. The second-order valence-corrected chi connectivity index (χ2v) is 8.43. The average Bonchev–Trinajstić information content (AvgIpc) is 2.88. The third-order valence-electron chi connectivity index (χ3n) is 4.07. The Labute approximate surface area is 141 Å². The van der Waals surface area contributed by atoms with E-state index in [1.165, 1.54) is 11.3 Å². The maximum absolute atomic E-state index is 12.7. The molecule has 7 heteroatoms. The molecule has 0 amide bonds. The summed E-state index contributed by atoms with van der Waals surface area (Å²) in [7, 11) is -1.55. The van der Waals surface area contributed by atoms with Crippen molar-refractivity contribution in [3.8, 4) is 11.3 Å². The van der Waals surface area contributed by atoms with Crippen LogP contribution in [0.25, 0.3) is 11.3 Å². The van der Waals surface area contributed by atoms with Gasteiger partial charge in [0.05, 0.1) is 10.6 Å². The van der Waals surface area contributed by atoms with Crippen LogP contribution in [0.3, 0.4) is 0 Å². The van der Waals surface area contributed by atoms with Gasteiger partial charge < -0.3 is 5.32 Å². The van der Waals surface area contributed by atoms with Crippen molar-refractivity contribution in [3.63, 3.8) is 0 Å². The third kappa shape index (κ3) is 3.57. The minimum absolute atomic E-state index is 0.368. The zero-order chi connectivity index (χ0) is 16.3. The van der Waals surface area contributed by atoms with Crippen molar-refractivity contribution in [2.75, 3.05) is 25.5 Å². The molecule has 0 radical (unpaired) electrons. The Morgan fingerprint density at radius 1 is 1.09 bits per heavy atom. The molecular weight excluding hydrogens is 330 g/mol. The lowest BCUT2D eigenvalue weighted by Gasteiger charge is -2.19. The Balaban J connectivity index is 1.83. The van der Waals surface area contributed by atoms with E-state index in [0.29, 0.717) is 18.0 Å². The second kappa shape index (κ2) is 6.98. The largest absolute Gasteiger partial charge is 0.365 e. The minimum Gasteiger partial charge on any atom is -0.365 e. The predicted octanol–water partition coefficient (Wildman–Crippen LogP) is 3.42. The molecule has 1 aliphatic rings. The van der Waals surface area contributed by atoms with Crippen molar-refractivity contribution in [3.05, 3.63) is 29.6 Å². The van der Waals surface area contributed by atoms with Gasteiger partial charge in [-0.3, -0.25) is 0 Å². The molecule has 0 bridgehead atoms. The SMILES string of the molecule is CNc1nc(-c2ccc(S(=O)(=O)N3CCCCCC3)cc2)cs1. The van der Waals surface area contributed by atoms with Gasteiger partial charge in [-0.25, -0.2) is 13.4 Å². The first kappa shape index (κ1) is 16.4. The summed E-state index contributed by atoms with van der Waals surface area (Å²) < 4.78 is 27.1. The Kier molecular flexibility index (Phi) is 4.99. The lowest BCUT2D eigenvalue weighted by Crippen LogP contribution is -2.31. The number of nitrogens with zero attached hydrogens (tertiary/aromatic N) is 2. The van der Waals surface area contributed by atoms with E-state index in [2.05, 4.69) is 10.3 Å². The first-order valence-electron chi connectivity index (χ1n) is 7.85. The van der Waals surface area contributed by atoms with Gasteiger partial charge in [0.2, 0.25) is 10.0 Å². The molecule has 0 saturated carbocycles. The van der Waals surface area contributed by atoms with Crippen LogP contribution >= 0.6 is 11.3 Å². The molecule has 0 spiro atoms. The molecule has 5 nitrogen and oxygen atoms in total. The number of rotatable bonds is 4. The summed E-state index contributed by atoms with van der Waals surface area (Å²) >= 11 is 1.53. The topological polar surface area (TPSA) is 62.3 Å². The number of benzene rings is 1. The van der Waals surface area contributed by atoms with Gasteiger partial charge in [-0.2, -0.15) is 4.31 Å². The molecule has 3 rings (SSSR count). The number of hydrogen-bond donors (Lipinski definition) is 1. The van der Waals surface area contributed by atoms with Crippen molar-refractivity contribution < 1.29 is 8.42 Å².